The molecule has 4 N–H and O–H groups in total. The number of aliphatic hydroxyl groups excluding tert-OH is 1. The van der Waals surface area contributed by atoms with Crippen LogP contribution in [0.2, 0.25) is 0 Å². The van der Waals surface area contributed by atoms with Crippen LogP contribution in [0.1, 0.15) is 47.8 Å². The van der Waals surface area contributed by atoms with Gasteiger partial charge in [-0.2, -0.15) is 5.09 Å². The number of nitrogens with zero attached hydrogens (tertiary/aromatic N) is 3. The number of hydrogen-bond donors (Lipinski definition) is 3. The minimum atomic E-state index is -4.48. The molecule has 44 heavy (non-hydrogen) atoms. The van der Waals surface area contributed by atoms with Crippen molar-refractivity contribution in [3.8, 4) is 5.75 Å². The highest BCUT2D eigenvalue weighted by Gasteiger charge is 2.61. The Morgan fingerprint density at radius 2 is 1.86 bits per heavy atom. The number of nitrogen functional groups attached to an aromatic ring is 1. The van der Waals surface area contributed by atoms with Gasteiger partial charge in [-0.05, 0) is 59.1 Å². The number of fused-ring (bicyclic) bond motifs is 2. The molecule has 0 aliphatic carbocycles. The lowest BCUT2D eigenvalue weighted by Gasteiger charge is -2.36. The first kappa shape index (κ1) is 31.8. The summed E-state index contributed by atoms with van der Waals surface area (Å²) in [5.41, 5.74) is 2.28. The molecule has 0 bridgehead atoms. The third kappa shape index (κ3) is 6.02. The lowest BCUT2D eigenvalue weighted by atomic mass is 9.90. The van der Waals surface area contributed by atoms with Crippen LogP contribution >= 0.6 is 7.75 Å². The van der Waals surface area contributed by atoms with E-state index in [4.69, 9.17) is 24.3 Å². The predicted molar refractivity (Wildman–Crippen MR) is 163 cm³/mol. The van der Waals surface area contributed by atoms with Crippen LogP contribution in [0.5, 0.6) is 5.75 Å². The Morgan fingerprint density at radius 1 is 1.16 bits per heavy atom. The van der Waals surface area contributed by atoms with Crippen molar-refractivity contribution in [3.63, 3.8) is 0 Å². The smallest absolute Gasteiger partial charge is 0.460 e. The molecular formula is C30H37FN5O7P. The van der Waals surface area contributed by atoms with Crippen molar-refractivity contribution in [2.75, 3.05) is 5.73 Å². The number of carbonyl (C=O) groups is 1. The second-order valence-electron chi connectivity index (χ2n) is 11.8. The number of halogens is 1. The molecule has 236 valence electrons. The zero-order chi connectivity index (χ0) is 32.0. The van der Waals surface area contributed by atoms with E-state index in [-0.39, 0.29) is 11.6 Å². The van der Waals surface area contributed by atoms with Crippen molar-refractivity contribution in [2.45, 2.75) is 83.4 Å². The van der Waals surface area contributed by atoms with Crippen molar-refractivity contribution >= 4 is 41.3 Å². The topological polar surface area (TPSA) is 160 Å². The van der Waals surface area contributed by atoms with Gasteiger partial charge in [0.2, 0.25) is 0 Å². The summed E-state index contributed by atoms with van der Waals surface area (Å²) in [5, 5.41) is 15.9. The number of anilines is 1. The molecule has 0 saturated carbocycles. The maximum atomic E-state index is 16.3. The van der Waals surface area contributed by atoms with Crippen LogP contribution in [0.15, 0.2) is 61.1 Å². The fourth-order valence-corrected chi connectivity index (χ4v) is 7.18. The zero-order valence-corrected chi connectivity index (χ0v) is 26.2. The van der Waals surface area contributed by atoms with Crippen LogP contribution < -0.4 is 15.3 Å². The van der Waals surface area contributed by atoms with Crippen LogP contribution in [0.3, 0.4) is 0 Å². The van der Waals surface area contributed by atoms with E-state index in [1.54, 1.807) is 50.4 Å². The Bertz CT molecular complexity index is 1720. The van der Waals surface area contributed by atoms with Crippen molar-refractivity contribution in [1.29, 1.82) is 0 Å². The maximum absolute atomic E-state index is 16.3. The summed E-state index contributed by atoms with van der Waals surface area (Å²) >= 11 is 0. The number of esters is 1. The maximum Gasteiger partial charge on any atom is 0.460 e. The van der Waals surface area contributed by atoms with Gasteiger partial charge in [-0.15, -0.1) is 0 Å². The highest BCUT2D eigenvalue weighted by Crippen LogP contribution is 2.54. The molecule has 1 unspecified atom stereocenters. The SMILES string of the molecule is CC(C)OC(=O)[C@H](C)NP(=O)(Oc1cccc2ccccc12)OC(C)(C)[C@H]1O[C@@H](n2ccc3c(N)ncnc32)[C@](C)(F)[C@@H]1O. The summed E-state index contributed by atoms with van der Waals surface area (Å²) in [4.78, 5) is 20.9. The molecule has 5 rings (SSSR count). The second-order valence-corrected chi connectivity index (χ2v) is 13.4. The monoisotopic (exact) mass is 629 g/mol. The number of carbonyl (C=O) groups excluding carboxylic acids is 1. The third-order valence-corrected chi connectivity index (χ3v) is 9.33. The molecule has 0 amide bonds. The molecule has 1 saturated heterocycles. The van der Waals surface area contributed by atoms with E-state index in [9.17, 15) is 14.5 Å². The van der Waals surface area contributed by atoms with Gasteiger partial charge in [0.15, 0.2) is 11.9 Å². The van der Waals surface area contributed by atoms with Crippen molar-refractivity contribution < 1.29 is 37.4 Å². The second kappa shape index (κ2) is 11.7. The predicted octanol–water partition coefficient (Wildman–Crippen LogP) is 5.07. The normalized spacial score (nSPS) is 24.4. The molecular weight excluding hydrogens is 592 g/mol. The lowest BCUT2D eigenvalue weighted by Crippen LogP contribution is -2.50. The van der Waals surface area contributed by atoms with E-state index >= 15 is 4.39 Å². The lowest BCUT2D eigenvalue weighted by molar-refractivity contribution is -0.149. The van der Waals surface area contributed by atoms with Gasteiger partial charge in [0.25, 0.3) is 0 Å². The number of aliphatic hydroxyl groups is 1. The number of nitrogens with one attached hydrogen (secondary N) is 1. The molecule has 0 radical (unpaired) electrons. The van der Waals surface area contributed by atoms with Gasteiger partial charge in [0.05, 0.1) is 11.5 Å². The summed E-state index contributed by atoms with van der Waals surface area (Å²) in [6, 6.07) is 13.0. The first-order valence-corrected chi connectivity index (χ1v) is 15.7. The van der Waals surface area contributed by atoms with Gasteiger partial charge in [-0.3, -0.25) is 9.32 Å². The van der Waals surface area contributed by atoms with Crippen molar-refractivity contribution in [3.05, 3.63) is 61.1 Å². The van der Waals surface area contributed by atoms with Gasteiger partial charge in [0.1, 0.15) is 47.4 Å². The number of benzene rings is 2. The summed E-state index contributed by atoms with van der Waals surface area (Å²) in [6.45, 7) is 9.02. The Kier molecular flexibility index (Phi) is 8.47. The van der Waals surface area contributed by atoms with Gasteiger partial charge in [0, 0.05) is 11.6 Å². The molecule has 3 heterocycles. The molecule has 2 aromatic heterocycles. The molecule has 14 heteroatoms. The summed E-state index contributed by atoms with van der Waals surface area (Å²) in [7, 11) is -4.48. The quantitative estimate of drug-likeness (QED) is 0.159. The molecule has 2 aromatic carbocycles. The van der Waals surface area contributed by atoms with Gasteiger partial charge < -0.3 is 29.4 Å². The van der Waals surface area contributed by atoms with Crippen LogP contribution in [-0.4, -0.2) is 61.2 Å². The number of ether oxygens (including phenoxy) is 2. The van der Waals surface area contributed by atoms with Crippen molar-refractivity contribution in [2.24, 2.45) is 0 Å². The summed E-state index contributed by atoms with van der Waals surface area (Å²) in [6.07, 6.45) is -2.09. The van der Waals surface area contributed by atoms with Crippen LogP contribution in [-0.2, 0) is 23.4 Å². The summed E-state index contributed by atoms with van der Waals surface area (Å²) < 4.78 is 55.9. The molecule has 6 atom stereocenters. The van der Waals surface area contributed by atoms with Crippen LogP contribution in [0.4, 0.5) is 10.2 Å². The molecule has 1 aliphatic rings. The Hall–Kier alpha value is -3.61. The van der Waals surface area contributed by atoms with E-state index in [0.29, 0.717) is 16.4 Å². The Morgan fingerprint density at radius 3 is 2.59 bits per heavy atom. The number of alkyl halides is 1. The average molecular weight is 630 g/mol. The molecule has 0 spiro atoms. The fraction of sp³-hybridized carbons (Fsp3) is 0.433. The summed E-state index contributed by atoms with van der Waals surface area (Å²) in [5.74, 6) is -0.260. The Labute approximate surface area is 254 Å². The van der Waals surface area contributed by atoms with E-state index in [1.807, 2.05) is 18.2 Å². The highest BCUT2D eigenvalue weighted by atomic mass is 31.2. The third-order valence-electron chi connectivity index (χ3n) is 7.48. The van der Waals surface area contributed by atoms with E-state index < -0.39 is 55.6 Å². The Balaban J connectivity index is 1.48. The molecule has 1 fully saturated rings. The first-order chi connectivity index (χ1) is 20.6. The highest BCUT2D eigenvalue weighted by molar-refractivity contribution is 7.52. The molecule has 1 aliphatic heterocycles. The minimum Gasteiger partial charge on any atom is -0.462 e. The average Bonchev–Trinajstić information content (AvgIpc) is 3.47. The number of hydrogen-bond acceptors (Lipinski definition) is 10. The number of aromatic nitrogens is 3. The molecule has 4 aromatic rings. The van der Waals surface area contributed by atoms with Gasteiger partial charge >= 0.3 is 13.7 Å². The first-order valence-electron chi connectivity index (χ1n) is 14.2. The van der Waals surface area contributed by atoms with Crippen LogP contribution in [0.25, 0.3) is 21.8 Å². The molecule has 12 nitrogen and oxygen atoms in total. The van der Waals surface area contributed by atoms with Crippen molar-refractivity contribution in [1.82, 2.24) is 19.6 Å². The largest absolute Gasteiger partial charge is 0.462 e. The van der Waals surface area contributed by atoms with E-state index in [2.05, 4.69) is 15.1 Å². The van der Waals surface area contributed by atoms with Gasteiger partial charge in [-0.25, -0.2) is 18.9 Å². The van der Waals surface area contributed by atoms with Gasteiger partial charge in [-0.1, -0.05) is 36.4 Å². The minimum absolute atomic E-state index is 0.204. The van der Waals surface area contributed by atoms with Crippen LogP contribution in [0, 0.1) is 0 Å². The van der Waals surface area contributed by atoms with E-state index in [0.717, 1.165) is 5.39 Å². The fourth-order valence-electron chi connectivity index (χ4n) is 5.31. The van der Waals surface area contributed by atoms with E-state index in [1.165, 1.54) is 38.6 Å². The standard InChI is InChI=1S/C30H37FN5O7P/c1-17(2)40-27(38)18(3)35-44(39,42-22-13-9-11-19-10-7-8-12-20(19)22)43-29(4,5)24-23(37)30(6,31)28(41-24)36-15-14-21-25(32)33-16-34-26(21)36/h7-18,23-24,28,37H,1-6H3,(H,35,39)(H2,32,33,34)/t18-,23+,24-,28+,30+,44?/m0/s1. The zero-order valence-electron chi connectivity index (χ0n) is 25.3. The number of nitrogens with two attached hydrogens (primary N) is 1. The number of rotatable bonds is 10.